The average Bonchev–Trinajstić information content (AvgIpc) is 3.61. The zero-order valence-corrected chi connectivity index (χ0v) is 34.7. The molecule has 4 heterocycles. The number of allylic oxidation sites excluding steroid dienone is 2. The molecule has 0 saturated carbocycles. The van der Waals surface area contributed by atoms with Crippen molar-refractivity contribution >= 4 is 45.4 Å². The van der Waals surface area contributed by atoms with E-state index >= 15 is 4.39 Å². The Morgan fingerprint density at radius 1 is 0.500 bits per heavy atom. The molecule has 3 aliphatic heterocycles. The minimum Gasteiger partial charge on any atom is -0.278 e. The van der Waals surface area contributed by atoms with Gasteiger partial charge in [-0.05, 0) is 90.4 Å². The maximum atomic E-state index is 15.6. The monoisotopic (exact) mass is 742 g/mol. The molecule has 0 fully saturated rings. The van der Waals surface area contributed by atoms with Crippen LogP contribution in [-0.2, 0) is 21.7 Å². The predicted octanol–water partition coefficient (Wildman–Crippen LogP) is 12.2. The van der Waals surface area contributed by atoms with Crippen molar-refractivity contribution in [1.29, 1.82) is 0 Å². The van der Waals surface area contributed by atoms with Gasteiger partial charge < -0.3 is 0 Å². The first kappa shape index (κ1) is 36.2. The van der Waals surface area contributed by atoms with Gasteiger partial charge in [0.1, 0.15) is 23.3 Å². The number of rotatable bonds is 1. The van der Waals surface area contributed by atoms with Crippen molar-refractivity contribution in [3.63, 3.8) is 0 Å². The number of benzene rings is 4. The normalized spacial score (nSPS) is 17.2. The summed E-state index contributed by atoms with van der Waals surface area (Å²) in [6, 6.07) is 26.9. The Hall–Kier alpha value is -5.43. The molecule has 0 spiro atoms. The van der Waals surface area contributed by atoms with Crippen LogP contribution in [0.5, 0.6) is 0 Å². The molecule has 1 aromatic heterocycles. The maximum absolute atomic E-state index is 15.6. The van der Waals surface area contributed by atoms with Gasteiger partial charge in [0, 0.05) is 22.9 Å². The number of nitrogens with zero attached hydrogens (tertiary/aromatic N) is 6. The molecule has 0 bridgehead atoms. The maximum Gasteiger partial charge on any atom is 0.242 e. The van der Waals surface area contributed by atoms with Crippen LogP contribution in [0, 0.1) is 0 Å². The first-order valence-electron chi connectivity index (χ1n) is 19.8. The van der Waals surface area contributed by atoms with Gasteiger partial charge in [-0.15, -0.1) is 0 Å². The molecular formula is C49H51FN6. The Kier molecular flexibility index (Phi) is 7.63. The van der Waals surface area contributed by atoms with Crippen LogP contribution in [0.4, 0.5) is 4.39 Å². The van der Waals surface area contributed by atoms with E-state index in [9.17, 15) is 0 Å². The molecule has 5 aromatic rings. The van der Waals surface area contributed by atoms with Crippen LogP contribution < -0.4 is 0 Å². The number of aromatic nitrogens is 1. The van der Waals surface area contributed by atoms with Crippen LogP contribution in [-0.4, -0.2) is 33.1 Å². The van der Waals surface area contributed by atoms with Gasteiger partial charge in [-0.25, -0.2) is 14.3 Å². The van der Waals surface area contributed by atoms with E-state index in [0.29, 0.717) is 29.4 Å². The Morgan fingerprint density at radius 3 is 1.45 bits per heavy atom. The number of fused-ring (bicyclic) bond motifs is 6. The van der Waals surface area contributed by atoms with Crippen LogP contribution in [0.25, 0.3) is 32.9 Å². The van der Waals surface area contributed by atoms with Crippen molar-refractivity contribution < 1.29 is 4.39 Å². The summed E-state index contributed by atoms with van der Waals surface area (Å²) in [5.74, 6) is 1.59. The molecule has 0 radical (unpaired) electrons. The number of amidine groups is 2. The smallest absolute Gasteiger partial charge is 0.242 e. The lowest BCUT2D eigenvalue weighted by Crippen LogP contribution is -2.43. The van der Waals surface area contributed by atoms with Crippen LogP contribution in [0.3, 0.4) is 0 Å². The third-order valence-electron chi connectivity index (χ3n) is 11.8. The van der Waals surface area contributed by atoms with Crippen LogP contribution in [0.2, 0.25) is 0 Å². The van der Waals surface area contributed by atoms with E-state index in [0.717, 1.165) is 32.9 Å². The highest BCUT2D eigenvalue weighted by Gasteiger charge is 2.40. The zero-order valence-electron chi connectivity index (χ0n) is 34.7. The lowest BCUT2D eigenvalue weighted by molar-refractivity contribution is 0.589. The summed E-state index contributed by atoms with van der Waals surface area (Å²) in [6.45, 7) is 26.9. The van der Waals surface area contributed by atoms with Crippen molar-refractivity contribution in [3.05, 3.63) is 130 Å². The molecule has 7 heteroatoms. The first-order chi connectivity index (χ1) is 26.2. The third-order valence-corrected chi connectivity index (χ3v) is 11.8. The van der Waals surface area contributed by atoms with Crippen LogP contribution >= 0.6 is 0 Å². The number of hydrogen-bond acceptors (Lipinski definition) is 5. The molecule has 9 rings (SSSR count). The molecule has 1 aliphatic carbocycles. The summed E-state index contributed by atoms with van der Waals surface area (Å²) < 4.78 is 17.8. The topological polar surface area (TPSA) is 57.6 Å². The van der Waals surface area contributed by atoms with Gasteiger partial charge in [-0.2, -0.15) is 15.0 Å². The molecule has 0 unspecified atom stereocenters. The summed E-state index contributed by atoms with van der Waals surface area (Å²) in [5, 5.41) is 2.26. The summed E-state index contributed by atoms with van der Waals surface area (Å²) >= 11 is 0. The highest BCUT2D eigenvalue weighted by Crippen LogP contribution is 2.49. The minimum atomic E-state index is -0.413. The van der Waals surface area contributed by atoms with Gasteiger partial charge in [-0.3, -0.25) is 4.57 Å². The zero-order chi connectivity index (χ0) is 39.9. The predicted molar refractivity (Wildman–Crippen MR) is 232 cm³/mol. The van der Waals surface area contributed by atoms with E-state index in [1.807, 2.05) is 0 Å². The van der Waals surface area contributed by atoms with E-state index < -0.39 is 5.83 Å². The number of halogens is 1. The largest absolute Gasteiger partial charge is 0.278 e. The standard InChI is InChI=1S/C49H51FN6/c1-46(2,3)27-13-17-32-34(21-27)35-22-28(47(4,5)6)14-18-33(35)42(32)43-51-40-25-31(50)26-41-52-44(54-45(53-43)56(40)41)55-38-19-15-29(48(7,8)9)23-36(38)37-24-30(49(10,11)12)16-20-39(37)55/h13-26,42H,1-12H3. The highest BCUT2D eigenvalue weighted by atomic mass is 19.1. The quantitative estimate of drug-likeness (QED) is 0.169. The lowest BCUT2D eigenvalue weighted by atomic mass is 9.83. The molecule has 4 aliphatic rings. The SMILES string of the molecule is CC(C)(C)c1ccc2c(c1)-c1cc(C(C)(C)C)ccc1C2C1=NC2=CC(F)=CC3=NC(n4c5ccc(C(C)(C)C)cc5c5cc(C(C)(C)C)ccc54)=NC(=N1)N23. The van der Waals surface area contributed by atoms with Crippen LogP contribution in [0.15, 0.2) is 117 Å². The van der Waals surface area contributed by atoms with E-state index in [1.54, 1.807) is 4.90 Å². The van der Waals surface area contributed by atoms with Gasteiger partial charge in [-0.1, -0.05) is 132 Å². The fraction of sp³-hybridized carbons (Fsp3) is 0.347. The summed E-state index contributed by atoms with van der Waals surface area (Å²) in [7, 11) is 0. The second-order valence-corrected chi connectivity index (χ2v) is 20.0. The molecule has 0 N–H and O–H groups in total. The Bertz CT molecular complexity index is 2600. The second-order valence-electron chi connectivity index (χ2n) is 20.0. The molecule has 0 atom stereocenters. The molecule has 0 saturated heterocycles. The second kappa shape index (κ2) is 11.8. The molecular weight excluding hydrogens is 692 g/mol. The van der Waals surface area contributed by atoms with Crippen LogP contribution in [0.1, 0.15) is 122 Å². The average molecular weight is 743 g/mol. The summed E-state index contributed by atoms with van der Waals surface area (Å²) in [5.41, 5.74) is 11.6. The molecule has 0 amide bonds. The Labute approximate surface area is 330 Å². The van der Waals surface area contributed by atoms with Gasteiger partial charge in [0.05, 0.1) is 17.0 Å². The van der Waals surface area contributed by atoms with Gasteiger partial charge in [0.15, 0.2) is 0 Å². The summed E-state index contributed by atoms with van der Waals surface area (Å²) in [6.07, 6.45) is 2.90. The molecule has 4 aromatic carbocycles. The Balaban J connectivity index is 1.25. The summed E-state index contributed by atoms with van der Waals surface area (Å²) in [4.78, 5) is 22.4. The van der Waals surface area contributed by atoms with Crippen molar-refractivity contribution in [2.45, 2.75) is 111 Å². The van der Waals surface area contributed by atoms with E-state index in [2.05, 4.69) is 160 Å². The fourth-order valence-corrected chi connectivity index (χ4v) is 8.35. The number of aliphatic imine (C=N–C) groups is 4. The molecule has 6 nitrogen and oxygen atoms in total. The van der Waals surface area contributed by atoms with Gasteiger partial charge in [0.25, 0.3) is 0 Å². The molecule has 56 heavy (non-hydrogen) atoms. The number of guanidine groups is 1. The third kappa shape index (κ3) is 5.72. The van der Waals surface area contributed by atoms with E-state index in [1.165, 1.54) is 45.5 Å². The first-order valence-corrected chi connectivity index (χ1v) is 19.8. The van der Waals surface area contributed by atoms with Crippen molar-refractivity contribution in [2.75, 3.05) is 0 Å². The van der Waals surface area contributed by atoms with E-state index in [4.69, 9.17) is 20.0 Å². The van der Waals surface area contributed by atoms with Gasteiger partial charge in [0.2, 0.25) is 11.9 Å². The fourth-order valence-electron chi connectivity index (χ4n) is 8.35. The lowest BCUT2D eigenvalue weighted by Gasteiger charge is -2.33. The molecule has 284 valence electrons. The van der Waals surface area contributed by atoms with Crippen molar-refractivity contribution in [1.82, 2.24) is 9.47 Å². The Morgan fingerprint density at radius 2 is 0.964 bits per heavy atom. The minimum absolute atomic E-state index is 0.0207. The highest BCUT2D eigenvalue weighted by molar-refractivity contribution is 6.25. The van der Waals surface area contributed by atoms with E-state index in [-0.39, 0.29) is 27.6 Å². The van der Waals surface area contributed by atoms with Gasteiger partial charge >= 0.3 is 0 Å². The number of hydrogen-bond donors (Lipinski definition) is 0. The van der Waals surface area contributed by atoms with Crippen molar-refractivity contribution in [3.8, 4) is 11.1 Å². The van der Waals surface area contributed by atoms with Crippen molar-refractivity contribution in [2.24, 2.45) is 20.0 Å².